The maximum atomic E-state index is 12.4. The van der Waals surface area contributed by atoms with Crippen molar-refractivity contribution < 1.29 is 129 Å². The van der Waals surface area contributed by atoms with Crippen molar-refractivity contribution >= 4 is 17.7 Å². The van der Waals surface area contributed by atoms with Crippen molar-refractivity contribution in [3.05, 3.63) is 0 Å². The number of aliphatic hydroxyl groups is 14. The molecule has 29 nitrogen and oxygen atoms in total. The lowest BCUT2D eigenvalue weighted by atomic mass is 9.93. The fraction of sp³-hybridized carbons (Fsp3) is 0.917. The Morgan fingerprint density at radius 2 is 0.738 bits per heavy atom. The van der Waals surface area contributed by atoms with Crippen molar-refractivity contribution in [2.24, 2.45) is 0 Å². The van der Waals surface area contributed by atoms with Crippen LogP contribution in [-0.2, 0) is 57.0 Å². The van der Waals surface area contributed by atoms with Crippen LogP contribution in [0.25, 0.3) is 0 Å². The minimum Gasteiger partial charge on any atom is -0.394 e. The van der Waals surface area contributed by atoms with Crippen molar-refractivity contribution in [2.45, 2.75) is 174 Å². The van der Waals surface area contributed by atoms with E-state index in [4.69, 9.17) is 42.6 Å². The third-order valence-electron chi connectivity index (χ3n) is 11.5. The van der Waals surface area contributed by atoms with Gasteiger partial charge in [0.25, 0.3) is 0 Å². The molecule has 5 saturated heterocycles. The quantitative estimate of drug-likeness (QED) is 0.0683. The van der Waals surface area contributed by atoms with E-state index in [9.17, 15) is 85.9 Å². The first kappa shape index (κ1) is 53.4. The molecule has 0 aromatic carbocycles. The van der Waals surface area contributed by atoms with Gasteiger partial charge in [-0.3, -0.25) is 14.4 Å². The second kappa shape index (κ2) is 23.2. The van der Waals surface area contributed by atoms with E-state index in [-0.39, 0.29) is 0 Å². The van der Waals surface area contributed by atoms with Crippen molar-refractivity contribution in [3.8, 4) is 0 Å². The summed E-state index contributed by atoms with van der Waals surface area (Å²) in [4.78, 5) is 36.5. The number of hydrogen-bond acceptors (Lipinski definition) is 26. The Labute approximate surface area is 369 Å². The van der Waals surface area contributed by atoms with Gasteiger partial charge in [0.05, 0.1) is 33.0 Å². The average Bonchev–Trinajstić information content (AvgIpc) is 3.25. The molecule has 0 spiro atoms. The monoisotopic (exact) mass is 951 g/mol. The van der Waals surface area contributed by atoms with Crippen LogP contribution in [0.4, 0.5) is 0 Å². The van der Waals surface area contributed by atoms with Crippen LogP contribution < -0.4 is 16.0 Å². The lowest BCUT2D eigenvalue weighted by molar-refractivity contribution is -0.357. The number of rotatable bonds is 16. The molecule has 0 radical (unpaired) electrons. The van der Waals surface area contributed by atoms with E-state index in [1.807, 2.05) is 0 Å². The molecule has 0 unspecified atom stereocenters. The molecule has 5 rings (SSSR count). The summed E-state index contributed by atoms with van der Waals surface area (Å²) in [6.07, 6.45) is -38.7. The van der Waals surface area contributed by atoms with E-state index >= 15 is 0 Å². The molecule has 5 heterocycles. The summed E-state index contributed by atoms with van der Waals surface area (Å²) < 4.78 is 51.0. The van der Waals surface area contributed by atoms with Gasteiger partial charge in [0, 0.05) is 20.8 Å². The molecule has 0 saturated carbocycles. The largest absolute Gasteiger partial charge is 0.394 e. The summed E-state index contributed by atoms with van der Waals surface area (Å²) in [5.41, 5.74) is 0. The standard InChI is InChI=1S/C36H61N3O26/c1-9(43)37-17-24(50)30(13(5-41)59-32(17)56)64-34-19(39-11(3)45)25(51)31(14(6-42)61-34)65-33-18(38-10(2)44)23(49)21(47)15(62-33)7-58-36-29(55)27(53)22(48)16(63-36)8-57-35-28(54)26(52)20(46)12(4-40)60-35/h12-36,40-42,46-56H,4-8H2,1-3H3,(H,37,43)(H,38,44)(H,39,45)/t12-,13-,14-,15-,16-,17-,18-,19-,20-,21-,22-,23-,24-,25-,26+,27+,28+,29+,30-,31-,32-,33+,34+,35+,36+/m1/s1. The summed E-state index contributed by atoms with van der Waals surface area (Å²) >= 11 is 0. The Morgan fingerprint density at radius 1 is 0.400 bits per heavy atom. The van der Waals surface area contributed by atoms with Crippen molar-refractivity contribution in [2.75, 3.05) is 33.0 Å². The fourth-order valence-electron chi connectivity index (χ4n) is 8.04. The highest BCUT2D eigenvalue weighted by atomic mass is 16.8. The molecule has 17 N–H and O–H groups in total. The molecule has 5 aliphatic heterocycles. The number of carbonyl (C=O) groups excluding carboxylic acids is 3. The van der Waals surface area contributed by atoms with Gasteiger partial charge < -0.3 is 130 Å². The summed E-state index contributed by atoms with van der Waals surface area (Å²) in [5.74, 6) is -2.22. The number of aliphatic hydroxyl groups excluding tert-OH is 14. The number of hydrogen-bond donors (Lipinski definition) is 17. The summed E-state index contributed by atoms with van der Waals surface area (Å²) in [7, 11) is 0. The van der Waals surface area contributed by atoms with Gasteiger partial charge >= 0.3 is 0 Å². The van der Waals surface area contributed by atoms with Crippen LogP contribution in [0.2, 0.25) is 0 Å². The van der Waals surface area contributed by atoms with Crippen LogP contribution in [0.15, 0.2) is 0 Å². The Bertz CT molecular complexity index is 1560. The van der Waals surface area contributed by atoms with Crippen molar-refractivity contribution in [1.82, 2.24) is 16.0 Å². The van der Waals surface area contributed by atoms with Crippen LogP contribution in [0.1, 0.15) is 20.8 Å². The lowest BCUT2D eigenvalue weighted by Gasteiger charge is -2.50. The molecule has 5 aliphatic rings. The minimum absolute atomic E-state index is 0.682. The molecule has 0 aromatic rings. The highest BCUT2D eigenvalue weighted by Crippen LogP contribution is 2.34. The Morgan fingerprint density at radius 3 is 1.18 bits per heavy atom. The highest BCUT2D eigenvalue weighted by molar-refractivity contribution is 5.74. The maximum Gasteiger partial charge on any atom is 0.217 e. The van der Waals surface area contributed by atoms with Crippen LogP contribution in [0.5, 0.6) is 0 Å². The molecule has 0 bridgehead atoms. The van der Waals surface area contributed by atoms with Crippen LogP contribution in [-0.4, -0.2) is 276 Å². The number of carbonyl (C=O) groups is 3. The molecule has 5 fully saturated rings. The summed E-state index contributed by atoms with van der Waals surface area (Å²) in [5, 5.41) is 155. The molecule has 376 valence electrons. The maximum absolute atomic E-state index is 12.4. The zero-order chi connectivity index (χ0) is 48.2. The first-order valence-corrected chi connectivity index (χ1v) is 20.6. The molecular formula is C36H61N3O26. The zero-order valence-corrected chi connectivity index (χ0v) is 35.1. The van der Waals surface area contributed by atoms with Crippen molar-refractivity contribution in [1.29, 1.82) is 0 Å². The molecule has 3 amide bonds. The second-order valence-corrected chi connectivity index (χ2v) is 16.2. The van der Waals surface area contributed by atoms with E-state index in [0.29, 0.717) is 0 Å². The topological polar surface area (TPSA) is 454 Å². The fourth-order valence-corrected chi connectivity index (χ4v) is 8.04. The van der Waals surface area contributed by atoms with Gasteiger partial charge in [-0.25, -0.2) is 0 Å². The summed E-state index contributed by atoms with van der Waals surface area (Å²) in [6, 6.07) is -4.76. The molecule has 25 atom stereocenters. The Hall–Kier alpha value is -2.51. The number of amides is 3. The van der Waals surface area contributed by atoms with Crippen molar-refractivity contribution in [3.63, 3.8) is 0 Å². The van der Waals surface area contributed by atoms with Crippen LogP contribution in [0, 0.1) is 0 Å². The minimum atomic E-state index is -1.98. The number of ether oxygens (including phenoxy) is 9. The van der Waals surface area contributed by atoms with Gasteiger partial charge in [-0.2, -0.15) is 0 Å². The van der Waals surface area contributed by atoms with E-state index in [0.717, 1.165) is 20.8 Å². The second-order valence-electron chi connectivity index (χ2n) is 16.2. The predicted molar refractivity (Wildman–Crippen MR) is 201 cm³/mol. The smallest absolute Gasteiger partial charge is 0.217 e. The van der Waals surface area contributed by atoms with E-state index < -0.39 is 204 Å². The Balaban J connectivity index is 1.31. The predicted octanol–water partition coefficient (Wildman–Crippen LogP) is -11.5. The van der Waals surface area contributed by atoms with Gasteiger partial charge in [0.2, 0.25) is 17.7 Å². The van der Waals surface area contributed by atoms with E-state index in [2.05, 4.69) is 16.0 Å². The van der Waals surface area contributed by atoms with Gasteiger partial charge in [0.1, 0.15) is 122 Å². The first-order chi connectivity index (χ1) is 30.6. The average molecular weight is 952 g/mol. The molecular weight excluding hydrogens is 890 g/mol. The van der Waals surface area contributed by atoms with Gasteiger partial charge in [-0.1, -0.05) is 0 Å². The third kappa shape index (κ3) is 12.2. The molecule has 0 aromatic heterocycles. The van der Waals surface area contributed by atoms with Crippen LogP contribution >= 0.6 is 0 Å². The highest BCUT2D eigenvalue weighted by Gasteiger charge is 2.55. The zero-order valence-electron chi connectivity index (χ0n) is 35.1. The third-order valence-corrected chi connectivity index (χ3v) is 11.5. The van der Waals surface area contributed by atoms with Gasteiger partial charge in [-0.15, -0.1) is 0 Å². The normalized spacial score (nSPS) is 47.1. The number of nitrogens with one attached hydrogen (secondary N) is 3. The van der Waals surface area contributed by atoms with Gasteiger partial charge in [-0.05, 0) is 0 Å². The molecule has 0 aliphatic carbocycles. The SMILES string of the molecule is CC(=O)N[C@@H]1[C@@H](O)[C@H](O[C@@H]2O[C@H](CO)[C@@H](O[C@@H]3O[C@H](CO[C@H]4O[C@H](CO[C@H]5O[C@H](CO)[C@@H](O)[C@H](O)[C@@H]5O)[C@@H](O)[C@H](O)[C@@H]4O)[C@@H](O)[C@H](O)[C@H]3NC(C)=O)[C@H](O)[C@H]2NC(C)=O)[C@@H](CO)O[C@H]1O. The van der Waals surface area contributed by atoms with Gasteiger partial charge in [0.15, 0.2) is 31.5 Å². The van der Waals surface area contributed by atoms with Crippen LogP contribution in [0.3, 0.4) is 0 Å². The molecule has 29 heteroatoms. The first-order valence-electron chi connectivity index (χ1n) is 20.6. The lowest BCUT2D eigenvalue weighted by Crippen LogP contribution is -2.71. The Kier molecular flexibility index (Phi) is 19.1. The summed E-state index contributed by atoms with van der Waals surface area (Å²) in [6.45, 7) is -0.902. The van der Waals surface area contributed by atoms with E-state index in [1.165, 1.54) is 0 Å². The molecule has 65 heavy (non-hydrogen) atoms. The van der Waals surface area contributed by atoms with E-state index in [1.54, 1.807) is 0 Å².